The third kappa shape index (κ3) is 3.90. The normalized spacial score (nSPS) is 9.76. The maximum absolute atomic E-state index is 8.61. The molecule has 2 aromatic rings. The van der Waals surface area contributed by atoms with E-state index in [1.165, 1.54) is 0 Å². The van der Waals surface area contributed by atoms with Crippen LogP contribution in [0.15, 0.2) is 42.5 Å². The van der Waals surface area contributed by atoms with Crippen LogP contribution in [-0.4, -0.2) is 13.7 Å². The van der Waals surface area contributed by atoms with Gasteiger partial charge in [-0.15, -0.1) is 0 Å². The van der Waals surface area contributed by atoms with Crippen LogP contribution in [0, 0.1) is 18.3 Å². The maximum atomic E-state index is 8.61. The highest BCUT2D eigenvalue weighted by atomic mass is 16.5. The predicted octanol–water partition coefficient (Wildman–Crippen LogP) is 3.52. The van der Waals surface area contributed by atoms with Crippen molar-refractivity contribution in [3.8, 4) is 17.6 Å². The molecule has 0 atom stereocenters. The molecule has 2 aromatic carbocycles. The minimum absolute atomic E-state index is 0.0541. The molecule has 0 bridgehead atoms. The topological polar surface area (TPSA) is 54.3 Å². The first kappa shape index (κ1) is 14.7. The molecule has 0 aromatic heterocycles. The van der Waals surface area contributed by atoms with Crippen molar-refractivity contribution in [3.05, 3.63) is 53.6 Å². The van der Waals surface area contributed by atoms with Gasteiger partial charge in [0.15, 0.2) is 6.61 Å². The van der Waals surface area contributed by atoms with Crippen LogP contribution < -0.4 is 14.8 Å². The Hall–Kier alpha value is -2.67. The zero-order valence-electron chi connectivity index (χ0n) is 12.2. The van der Waals surface area contributed by atoms with Crippen molar-refractivity contribution in [3.63, 3.8) is 0 Å². The van der Waals surface area contributed by atoms with Crippen molar-refractivity contribution >= 4 is 5.69 Å². The quantitative estimate of drug-likeness (QED) is 0.880. The van der Waals surface area contributed by atoms with E-state index in [2.05, 4.69) is 5.32 Å². The van der Waals surface area contributed by atoms with Crippen LogP contribution in [0.3, 0.4) is 0 Å². The molecule has 4 heteroatoms. The summed E-state index contributed by atoms with van der Waals surface area (Å²) in [6.07, 6.45) is 0. The van der Waals surface area contributed by atoms with Gasteiger partial charge >= 0.3 is 0 Å². The molecule has 4 nitrogen and oxygen atoms in total. The first-order chi connectivity index (χ1) is 10.2. The number of nitrogens with zero attached hydrogens (tertiary/aromatic N) is 1. The number of benzene rings is 2. The van der Waals surface area contributed by atoms with Crippen molar-refractivity contribution in [2.24, 2.45) is 0 Å². The number of hydrogen-bond acceptors (Lipinski definition) is 4. The van der Waals surface area contributed by atoms with Gasteiger partial charge in [0.1, 0.15) is 17.6 Å². The SMILES string of the molecule is COc1ccc(NCc2ccccc2OCC#N)c(C)c1. The number of nitriles is 1. The van der Waals surface area contributed by atoms with Gasteiger partial charge in [-0.2, -0.15) is 5.26 Å². The molecule has 0 unspecified atom stereocenters. The van der Waals surface area contributed by atoms with Gasteiger partial charge < -0.3 is 14.8 Å². The Morgan fingerprint density at radius 2 is 2.00 bits per heavy atom. The molecule has 0 amide bonds. The maximum Gasteiger partial charge on any atom is 0.174 e. The van der Waals surface area contributed by atoms with Gasteiger partial charge in [-0.05, 0) is 36.8 Å². The number of para-hydroxylation sites is 1. The summed E-state index contributed by atoms with van der Waals surface area (Å²) in [6, 6.07) is 15.6. The van der Waals surface area contributed by atoms with Crippen LogP contribution >= 0.6 is 0 Å². The average molecular weight is 282 g/mol. The minimum Gasteiger partial charge on any atom is -0.497 e. The summed E-state index contributed by atoms with van der Waals surface area (Å²) in [5.41, 5.74) is 3.18. The molecule has 0 saturated heterocycles. The minimum atomic E-state index is 0.0541. The lowest BCUT2D eigenvalue weighted by atomic mass is 10.1. The smallest absolute Gasteiger partial charge is 0.174 e. The molecule has 1 N–H and O–H groups in total. The third-order valence-corrected chi connectivity index (χ3v) is 3.17. The first-order valence-electron chi connectivity index (χ1n) is 6.70. The second-order valence-corrected chi connectivity index (χ2v) is 4.59. The molecule has 0 fully saturated rings. The lowest BCUT2D eigenvalue weighted by Crippen LogP contribution is -2.04. The monoisotopic (exact) mass is 282 g/mol. The zero-order valence-corrected chi connectivity index (χ0v) is 12.2. The summed E-state index contributed by atoms with van der Waals surface area (Å²) >= 11 is 0. The summed E-state index contributed by atoms with van der Waals surface area (Å²) in [7, 11) is 1.66. The van der Waals surface area contributed by atoms with Crippen LogP contribution in [0.25, 0.3) is 0 Å². The molecule has 0 heterocycles. The fraction of sp³-hybridized carbons (Fsp3) is 0.235. The van der Waals surface area contributed by atoms with E-state index in [-0.39, 0.29) is 6.61 Å². The van der Waals surface area contributed by atoms with Crippen molar-refractivity contribution < 1.29 is 9.47 Å². The van der Waals surface area contributed by atoms with Gasteiger partial charge in [-0.25, -0.2) is 0 Å². The molecular formula is C17H18N2O2. The van der Waals surface area contributed by atoms with Gasteiger partial charge in [-0.3, -0.25) is 0 Å². The van der Waals surface area contributed by atoms with E-state index in [0.29, 0.717) is 6.54 Å². The van der Waals surface area contributed by atoms with Gasteiger partial charge in [0.05, 0.1) is 7.11 Å². The molecule has 2 rings (SSSR count). The molecule has 0 saturated carbocycles. The highest BCUT2D eigenvalue weighted by Crippen LogP contribution is 2.23. The Labute approximate surface area is 124 Å². The molecule has 21 heavy (non-hydrogen) atoms. The summed E-state index contributed by atoms with van der Waals surface area (Å²) in [4.78, 5) is 0. The molecule has 0 aliphatic carbocycles. The van der Waals surface area contributed by atoms with E-state index in [4.69, 9.17) is 14.7 Å². The zero-order chi connectivity index (χ0) is 15.1. The van der Waals surface area contributed by atoms with E-state index >= 15 is 0 Å². The van der Waals surface area contributed by atoms with Crippen molar-refractivity contribution in [1.82, 2.24) is 0 Å². The van der Waals surface area contributed by atoms with Crippen LogP contribution in [0.5, 0.6) is 11.5 Å². The van der Waals surface area contributed by atoms with E-state index in [0.717, 1.165) is 28.3 Å². The van der Waals surface area contributed by atoms with Crippen molar-refractivity contribution in [2.75, 3.05) is 19.0 Å². The Balaban J connectivity index is 2.08. The molecular weight excluding hydrogens is 264 g/mol. The number of anilines is 1. The van der Waals surface area contributed by atoms with E-state index in [1.54, 1.807) is 7.11 Å². The third-order valence-electron chi connectivity index (χ3n) is 3.17. The average Bonchev–Trinajstić information content (AvgIpc) is 2.52. The second-order valence-electron chi connectivity index (χ2n) is 4.59. The van der Waals surface area contributed by atoms with E-state index in [9.17, 15) is 0 Å². The predicted molar refractivity (Wildman–Crippen MR) is 82.6 cm³/mol. The standard InChI is InChI=1S/C17H18N2O2/c1-13-11-15(20-2)7-8-16(13)19-12-14-5-3-4-6-17(14)21-10-9-18/h3-8,11,19H,10,12H2,1-2H3. The Morgan fingerprint density at radius 1 is 1.19 bits per heavy atom. The Kier molecular flexibility index (Phi) is 5.05. The Morgan fingerprint density at radius 3 is 2.71 bits per heavy atom. The number of ether oxygens (including phenoxy) is 2. The Bertz CT molecular complexity index is 647. The summed E-state index contributed by atoms with van der Waals surface area (Å²) in [5, 5.41) is 12.0. The number of hydrogen-bond donors (Lipinski definition) is 1. The highest BCUT2D eigenvalue weighted by molar-refractivity contribution is 5.54. The van der Waals surface area contributed by atoms with Crippen LogP contribution in [0.2, 0.25) is 0 Å². The number of nitrogens with one attached hydrogen (secondary N) is 1. The summed E-state index contributed by atoms with van der Waals surface area (Å²) in [6.45, 7) is 2.72. The largest absolute Gasteiger partial charge is 0.497 e. The molecule has 0 aliphatic heterocycles. The lowest BCUT2D eigenvalue weighted by Gasteiger charge is -2.13. The summed E-state index contributed by atoms with van der Waals surface area (Å²) < 4.78 is 10.6. The number of methoxy groups -OCH3 is 1. The highest BCUT2D eigenvalue weighted by Gasteiger charge is 2.04. The number of rotatable bonds is 6. The lowest BCUT2D eigenvalue weighted by molar-refractivity contribution is 0.364. The van der Waals surface area contributed by atoms with E-state index in [1.807, 2.05) is 55.5 Å². The fourth-order valence-electron chi connectivity index (χ4n) is 2.05. The number of aryl methyl sites for hydroxylation is 1. The molecule has 108 valence electrons. The van der Waals surface area contributed by atoms with Crippen molar-refractivity contribution in [2.45, 2.75) is 13.5 Å². The molecule has 0 spiro atoms. The van der Waals surface area contributed by atoms with Crippen LogP contribution in [0.1, 0.15) is 11.1 Å². The molecule has 0 radical (unpaired) electrons. The van der Waals surface area contributed by atoms with Crippen LogP contribution in [0.4, 0.5) is 5.69 Å². The molecule has 0 aliphatic rings. The summed E-state index contributed by atoms with van der Waals surface area (Å²) in [5.74, 6) is 1.58. The van der Waals surface area contributed by atoms with Crippen LogP contribution in [-0.2, 0) is 6.54 Å². The van der Waals surface area contributed by atoms with Gasteiger partial charge in [0, 0.05) is 17.8 Å². The first-order valence-corrected chi connectivity index (χ1v) is 6.70. The van der Waals surface area contributed by atoms with E-state index < -0.39 is 0 Å². The second kappa shape index (κ2) is 7.20. The fourth-order valence-corrected chi connectivity index (χ4v) is 2.05. The van der Waals surface area contributed by atoms with Gasteiger partial charge in [0.25, 0.3) is 0 Å². The van der Waals surface area contributed by atoms with Crippen molar-refractivity contribution in [1.29, 1.82) is 5.26 Å². The van der Waals surface area contributed by atoms with Gasteiger partial charge in [0.2, 0.25) is 0 Å². The van der Waals surface area contributed by atoms with Gasteiger partial charge in [-0.1, -0.05) is 18.2 Å².